The standard InChI is InChI=1S/C13H15F3N2O3S/c14-13(15,16)11-5-3-4-10(8-11)12(19)9-18-22(20,21)7-2-1-6-17/h3-5,8,12,18-19H,1-2,7,9H2. The molecule has 1 rings (SSSR count). The van der Waals surface area contributed by atoms with E-state index in [0.29, 0.717) is 0 Å². The lowest BCUT2D eigenvalue weighted by atomic mass is 10.1. The average Bonchev–Trinajstić information content (AvgIpc) is 2.44. The van der Waals surface area contributed by atoms with Crippen LogP contribution in [0.3, 0.4) is 0 Å². The first-order valence-electron chi connectivity index (χ1n) is 6.35. The summed E-state index contributed by atoms with van der Waals surface area (Å²) >= 11 is 0. The average molecular weight is 336 g/mol. The highest BCUT2D eigenvalue weighted by Crippen LogP contribution is 2.30. The highest BCUT2D eigenvalue weighted by Gasteiger charge is 2.30. The molecule has 0 saturated carbocycles. The summed E-state index contributed by atoms with van der Waals surface area (Å²) in [6.07, 6.45) is -5.71. The fourth-order valence-corrected chi connectivity index (χ4v) is 2.74. The molecule has 0 aliphatic heterocycles. The topological polar surface area (TPSA) is 90.2 Å². The van der Waals surface area contributed by atoms with Gasteiger partial charge >= 0.3 is 6.18 Å². The van der Waals surface area contributed by atoms with E-state index < -0.39 is 34.4 Å². The number of hydrogen-bond acceptors (Lipinski definition) is 4. The van der Waals surface area contributed by atoms with Crippen molar-refractivity contribution in [2.24, 2.45) is 0 Å². The fraction of sp³-hybridized carbons (Fsp3) is 0.462. The van der Waals surface area contributed by atoms with E-state index in [2.05, 4.69) is 4.72 Å². The van der Waals surface area contributed by atoms with Crippen LogP contribution >= 0.6 is 0 Å². The molecule has 1 unspecified atom stereocenters. The second-order valence-electron chi connectivity index (χ2n) is 4.57. The van der Waals surface area contributed by atoms with Crippen molar-refractivity contribution < 1.29 is 26.7 Å². The van der Waals surface area contributed by atoms with E-state index in [1.54, 1.807) is 6.07 Å². The molecule has 0 saturated heterocycles. The molecule has 1 aromatic carbocycles. The summed E-state index contributed by atoms with van der Waals surface area (Å²) in [5.41, 5.74) is -0.949. The van der Waals surface area contributed by atoms with Gasteiger partial charge in [-0.2, -0.15) is 18.4 Å². The van der Waals surface area contributed by atoms with Crippen molar-refractivity contribution >= 4 is 10.0 Å². The zero-order valence-corrected chi connectivity index (χ0v) is 12.3. The Morgan fingerprint density at radius 3 is 2.64 bits per heavy atom. The van der Waals surface area contributed by atoms with Crippen LogP contribution in [-0.2, 0) is 16.2 Å². The molecule has 2 N–H and O–H groups in total. The Balaban J connectivity index is 2.66. The van der Waals surface area contributed by atoms with E-state index in [4.69, 9.17) is 5.26 Å². The van der Waals surface area contributed by atoms with E-state index in [0.717, 1.165) is 18.2 Å². The first kappa shape index (κ1) is 18.4. The smallest absolute Gasteiger partial charge is 0.387 e. The number of unbranched alkanes of at least 4 members (excludes halogenated alkanes) is 1. The zero-order valence-electron chi connectivity index (χ0n) is 11.5. The Morgan fingerprint density at radius 2 is 2.05 bits per heavy atom. The molecule has 5 nitrogen and oxygen atoms in total. The first-order chi connectivity index (χ1) is 10.2. The fourth-order valence-electron chi connectivity index (χ4n) is 1.66. The molecule has 0 spiro atoms. The Hall–Kier alpha value is -1.63. The van der Waals surface area contributed by atoms with Crippen molar-refractivity contribution in [1.82, 2.24) is 4.72 Å². The molecule has 1 aromatic rings. The predicted octanol–water partition coefficient (Wildman–Crippen LogP) is 1.96. The Labute approximate surface area is 126 Å². The molecule has 0 fully saturated rings. The van der Waals surface area contributed by atoms with E-state index in [1.165, 1.54) is 6.07 Å². The van der Waals surface area contributed by atoms with Crippen LogP contribution in [0.4, 0.5) is 13.2 Å². The summed E-state index contributed by atoms with van der Waals surface area (Å²) in [7, 11) is -3.68. The molecule has 0 radical (unpaired) electrons. The normalized spacial score (nSPS) is 13.6. The highest BCUT2D eigenvalue weighted by molar-refractivity contribution is 7.89. The summed E-state index contributed by atoms with van der Waals surface area (Å²) < 4.78 is 62.9. The number of aliphatic hydroxyl groups is 1. The number of benzene rings is 1. The van der Waals surface area contributed by atoms with Crippen LogP contribution in [0.5, 0.6) is 0 Å². The number of rotatable bonds is 7. The van der Waals surface area contributed by atoms with E-state index in [9.17, 15) is 26.7 Å². The van der Waals surface area contributed by atoms with Crippen molar-refractivity contribution in [1.29, 1.82) is 5.26 Å². The van der Waals surface area contributed by atoms with Crippen molar-refractivity contribution in [3.63, 3.8) is 0 Å². The number of halogens is 3. The lowest BCUT2D eigenvalue weighted by Gasteiger charge is -2.14. The maximum absolute atomic E-state index is 12.6. The van der Waals surface area contributed by atoms with Gasteiger partial charge < -0.3 is 5.11 Å². The van der Waals surface area contributed by atoms with Gasteiger partial charge in [0.05, 0.1) is 23.5 Å². The molecule has 9 heteroatoms. The summed E-state index contributed by atoms with van der Waals surface area (Å²) in [6, 6.07) is 5.86. The number of nitrogens with zero attached hydrogens (tertiary/aromatic N) is 1. The van der Waals surface area contributed by atoms with E-state index in [1.807, 2.05) is 0 Å². The largest absolute Gasteiger partial charge is 0.416 e. The van der Waals surface area contributed by atoms with Crippen LogP contribution in [0.25, 0.3) is 0 Å². The summed E-state index contributed by atoms with van der Waals surface area (Å²) in [5, 5.41) is 18.1. The van der Waals surface area contributed by atoms with Crippen LogP contribution in [0.2, 0.25) is 0 Å². The zero-order chi connectivity index (χ0) is 16.8. The molecule has 0 aromatic heterocycles. The number of hydrogen-bond donors (Lipinski definition) is 2. The monoisotopic (exact) mass is 336 g/mol. The quantitative estimate of drug-likeness (QED) is 0.745. The Morgan fingerprint density at radius 1 is 1.36 bits per heavy atom. The van der Waals surface area contributed by atoms with Crippen LogP contribution in [-0.4, -0.2) is 25.8 Å². The van der Waals surface area contributed by atoms with Gasteiger partial charge in [0.2, 0.25) is 10.0 Å². The Bertz CT molecular complexity index is 639. The number of aliphatic hydroxyl groups excluding tert-OH is 1. The number of sulfonamides is 1. The van der Waals surface area contributed by atoms with Gasteiger partial charge in [0.25, 0.3) is 0 Å². The van der Waals surface area contributed by atoms with E-state index >= 15 is 0 Å². The first-order valence-corrected chi connectivity index (χ1v) is 8.00. The van der Waals surface area contributed by atoms with Gasteiger partial charge in [-0.05, 0) is 24.1 Å². The highest BCUT2D eigenvalue weighted by atomic mass is 32.2. The van der Waals surface area contributed by atoms with Crippen molar-refractivity contribution in [2.45, 2.75) is 25.1 Å². The second kappa shape index (κ2) is 7.58. The maximum Gasteiger partial charge on any atom is 0.416 e. The predicted molar refractivity (Wildman–Crippen MR) is 73.0 cm³/mol. The molecule has 1 atom stereocenters. The van der Waals surface area contributed by atoms with Gasteiger partial charge in [0, 0.05) is 13.0 Å². The number of alkyl halides is 3. The lowest BCUT2D eigenvalue weighted by molar-refractivity contribution is -0.137. The Kier molecular flexibility index (Phi) is 6.34. The maximum atomic E-state index is 12.6. The summed E-state index contributed by atoms with van der Waals surface area (Å²) in [5.74, 6) is -0.282. The van der Waals surface area contributed by atoms with Crippen LogP contribution < -0.4 is 4.72 Å². The van der Waals surface area contributed by atoms with E-state index in [-0.39, 0.29) is 24.2 Å². The summed E-state index contributed by atoms with van der Waals surface area (Å²) in [4.78, 5) is 0. The third-order valence-corrected chi connectivity index (χ3v) is 4.23. The minimum atomic E-state index is -4.54. The minimum absolute atomic E-state index is 0.0328. The van der Waals surface area contributed by atoms with Gasteiger partial charge in [0.1, 0.15) is 0 Å². The molecule has 122 valence electrons. The van der Waals surface area contributed by atoms with Crippen LogP contribution in [0.15, 0.2) is 24.3 Å². The molecule has 0 heterocycles. The number of nitrogens with one attached hydrogen (secondary N) is 1. The van der Waals surface area contributed by atoms with Gasteiger partial charge in [-0.25, -0.2) is 13.1 Å². The molecule has 0 bridgehead atoms. The van der Waals surface area contributed by atoms with Crippen molar-refractivity contribution in [3.05, 3.63) is 35.4 Å². The van der Waals surface area contributed by atoms with Gasteiger partial charge in [-0.15, -0.1) is 0 Å². The molecular weight excluding hydrogens is 321 g/mol. The molecule has 0 aliphatic rings. The van der Waals surface area contributed by atoms with Crippen LogP contribution in [0.1, 0.15) is 30.1 Å². The van der Waals surface area contributed by atoms with Crippen LogP contribution in [0, 0.1) is 11.3 Å². The summed E-state index contributed by atoms with van der Waals surface area (Å²) in [6.45, 7) is -0.434. The van der Waals surface area contributed by atoms with Gasteiger partial charge in [0.15, 0.2) is 0 Å². The molecule has 0 aliphatic carbocycles. The minimum Gasteiger partial charge on any atom is -0.387 e. The lowest BCUT2D eigenvalue weighted by Crippen LogP contribution is -2.30. The molecule has 0 amide bonds. The van der Waals surface area contributed by atoms with Crippen molar-refractivity contribution in [2.75, 3.05) is 12.3 Å². The second-order valence-corrected chi connectivity index (χ2v) is 6.49. The number of nitriles is 1. The van der Waals surface area contributed by atoms with Gasteiger partial charge in [-0.3, -0.25) is 0 Å². The van der Waals surface area contributed by atoms with Crippen molar-refractivity contribution in [3.8, 4) is 6.07 Å². The molecular formula is C13H15F3N2O3S. The molecule has 22 heavy (non-hydrogen) atoms. The SMILES string of the molecule is N#CCCCS(=O)(=O)NCC(O)c1cccc(C(F)(F)F)c1. The third-order valence-electron chi connectivity index (χ3n) is 2.80. The third kappa shape index (κ3) is 6.01. The van der Waals surface area contributed by atoms with Gasteiger partial charge in [-0.1, -0.05) is 12.1 Å².